The fourth-order valence-electron chi connectivity index (χ4n) is 3.19. The summed E-state index contributed by atoms with van der Waals surface area (Å²) < 4.78 is 39.8. The first kappa shape index (κ1) is 20.6. The minimum absolute atomic E-state index is 0.0328. The Kier molecular flexibility index (Phi) is 5.50. The summed E-state index contributed by atoms with van der Waals surface area (Å²) in [5.74, 6) is 1.80. The van der Waals surface area contributed by atoms with E-state index >= 15 is 0 Å². The van der Waals surface area contributed by atoms with Crippen LogP contribution in [0.5, 0.6) is 11.5 Å². The highest BCUT2D eigenvalue weighted by Crippen LogP contribution is 2.32. The van der Waals surface area contributed by atoms with E-state index in [2.05, 4.69) is 0 Å². The van der Waals surface area contributed by atoms with Gasteiger partial charge in [0.05, 0.1) is 30.2 Å². The van der Waals surface area contributed by atoms with Crippen LogP contribution in [0.4, 0.5) is 5.69 Å². The minimum Gasteiger partial charge on any atom is -0.493 e. The molecular weight excluding hydrogens is 416 g/mol. The predicted octanol–water partition coefficient (Wildman–Crippen LogP) is 4.00. The van der Waals surface area contributed by atoms with Crippen LogP contribution in [0.1, 0.15) is 0 Å². The van der Waals surface area contributed by atoms with Gasteiger partial charge in [-0.1, -0.05) is 12.1 Å². The molecular formula is C23H20N2O5S. The third kappa shape index (κ3) is 4.30. The molecule has 0 bridgehead atoms. The van der Waals surface area contributed by atoms with E-state index in [1.54, 1.807) is 26.4 Å². The number of nitrogens with two attached hydrogens (primary N) is 1. The van der Waals surface area contributed by atoms with Gasteiger partial charge in [0, 0.05) is 17.0 Å². The molecule has 0 aliphatic carbocycles. The van der Waals surface area contributed by atoms with Gasteiger partial charge in [0.25, 0.3) is 0 Å². The predicted molar refractivity (Wildman–Crippen MR) is 118 cm³/mol. The Morgan fingerprint density at radius 2 is 1.58 bits per heavy atom. The van der Waals surface area contributed by atoms with Crippen molar-refractivity contribution in [1.29, 1.82) is 0 Å². The van der Waals surface area contributed by atoms with E-state index in [9.17, 15) is 8.42 Å². The number of sulfonamides is 1. The lowest BCUT2D eigenvalue weighted by Crippen LogP contribution is -2.11. The largest absolute Gasteiger partial charge is 0.493 e. The molecule has 0 aliphatic rings. The molecule has 31 heavy (non-hydrogen) atoms. The first-order chi connectivity index (χ1) is 14.9. The van der Waals surface area contributed by atoms with Crippen LogP contribution in [0.2, 0.25) is 0 Å². The maximum absolute atomic E-state index is 11.5. The number of hydrogen-bond acceptors (Lipinski definition) is 6. The number of primary sulfonamides is 1. The molecule has 8 heteroatoms. The average Bonchev–Trinajstić information content (AvgIpc) is 2.78. The van der Waals surface area contributed by atoms with Crippen molar-refractivity contribution in [3.63, 3.8) is 0 Å². The topological polar surface area (TPSA) is 104 Å². The Labute approximate surface area is 179 Å². The number of hydrogen-bond donors (Lipinski definition) is 1. The molecule has 1 heterocycles. The quantitative estimate of drug-likeness (QED) is 0.509. The van der Waals surface area contributed by atoms with Crippen molar-refractivity contribution >= 4 is 26.7 Å². The van der Waals surface area contributed by atoms with Crippen LogP contribution < -0.4 is 20.0 Å². The highest BCUT2D eigenvalue weighted by atomic mass is 32.2. The standard InChI is InChI=1S/C23H20N2O5S/c1-28-21-12-7-15(13-23(21)29-2)22-14-19(18-5-3-4-6-20(18)30-22)25-16-8-10-17(11-9-16)31(24,26)27/h3-14H,1-2H3,(H2,24,26,27). The van der Waals surface area contributed by atoms with E-state index in [1.165, 1.54) is 12.1 Å². The zero-order valence-corrected chi connectivity index (χ0v) is 17.7. The monoisotopic (exact) mass is 436 g/mol. The highest BCUT2D eigenvalue weighted by Gasteiger charge is 2.11. The zero-order valence-electron chi connectivity index (χ0n) is 16.9. The summed E-state index contributed by atoms with van der Waals surface area (Å²) in [6.45, 7) is 0. The van der Waals surface area contributed by atoms with Crippen molar-refractivity contribution in [2.24, 2.45) is 10.1 Å². The SMILES string of the molecule is COc1ccc(-c2cc(=Nc3ccc(S(N)(=O)=O)cc3)c3ccccc3o2)cc1OC. The maximum atomic E-state index is 11.5. The average molecular weight is 436 g/mol. The summed E-state index contributed by atoms with van der Waals surface area (Å²) in [5, 5.41) is 6.67. The Morgan fingerprint density at radius 3 is 2.26 bits per heavy atom. The van der Waals surface area contributed by atoms with E-state index in [-0.39, 0.29) is 4.90 Å². The molecule has 0 atom stereocenters. The summed E-state index contributed by atoms with van der Waals surface area (Å²) in [5.41, 5.74) is 2.04. The first-order valence-corrected chi connectivity index (χ1v) is 10.9. The summed E-state index contributed by atoms with van der Waals surface area (Å²) >= 11 is 0. The Bertz CT molecular complexity index is 1420. The number of fused-ring (bicyclic) bond motifs is 1. The van der Waals surface area contributed by atoms with Crippen LogP contribution in [0.15, 0.2) is 87.1 Å². The molecule has 0 spiro atoms. The zero-order chi connectivity index (χ0) is 22.0. The van der Waals surface area contributed by atoms with Gasteiger partial charge in [-0.2, -0.15) is 0 Å². The summed E-state index contributed by atoms with van der Waals surface area (Å²) in [6, 6.07) is 21.0. The Morgan fingerprint density at radius 1 is 0.871 bits per heavy atom. The lowest BCUT2D eigenvalue weighted by Gasteiger charge is -2.10. The van der Waals surface area contributed by atoms with Crippen LogP contribution in [-0.4, -0.2) is 22.6 Å². The Balaban J connectivity index is 1.89. The molecule has 0 saturated carbocycles. The van der Waals surface area contributed by atoms with Crippen molar-refractivity contribution in [3.05, 3.63) is 78.2 Å². The van der Waals surface area contributed by atoms with Crippen molar-refractivity contribution in [3.8, 4) is 22.8 Å². The molecule has 7 nitrogen and oxygen atoms in total. The lowest BCUT2D eigenvalue weighted by molar-refractivity contribution is 0.355. The lowest BCUT2D eigenvalue weighted by atomic mass is 10.1. The Hall–Kier alpha value is -3.62. The van der Waals surface area contributed by atoms with Gasteiger partial charge < -0.3 is 13.9 Å². The smallest absolute Gasteiger partial charge is 0.238 e. The molecule has 0 aliphatic heterocycles. The van der Waals surface area contributed by atoms with Crippen molar-refractivity contribution in [1.82, 2.24) is 0 Å². The summed E-state index contributed by atoms with van der Waals surface area (Å²) in [7, 11) is -0.607. The molecule has 0 fully saturated rings. The highest BCUT2D eigenvalue weighted by molar-refractivity contribution is 7.89. The van der Waals surface area contributed by atoms with Gasteiger partial charge in [-0.05, 0) is 54.6 Å². The molecule has 4 rings (SSSR count). The third-order valence-electron chi connectivity index (χ3n) is 4.73. The van der Waals surface area contributed by atoms with E-state index in [1.807, 2.05) is 48.5 Å². The second-order valence-electron chi connectivity index (χ2n) is 6.71. The van der Waals surface area contributed by atoms with Gasteiger partial charge in [0.15, 0.2) is 11.5 Å². The van der Waals surface area contributed by atoms with Crippen molar-refractivity contribution in [2.75, 3.05) is 14.2 Å². The van der Waals surface area contributed by atoms with Gasteiger partial charge in [-0.3, -0.25) is 0 Å². The molecule has 1 aromatic heterocycles. The van der Waals surface area contributed by atoms with Crippen LogP contribution in [-0.2, 0) is 10.0 Å². The van der Waals surface area contributed by atoms with Gasteiger partial charge in [-0.15, -0.1) is 0 Å². The minimum atomic E-state index is -3.76. The molecule has 158 valence electrons. The second kappa shape index (κ2) is 8.25. The van der Waals surface area contributed by atoms with Crippen LogP contribution in [0.25, 0.3) is 22.3 Å². The molecule has 0 amide bonds. The summed E-state index contributed by atoms with van der Waals surface area (Å²) in [4.78, 5) is 4.74. The fourth-order valence-corrected chi connectivity index (χ4v) is 3.71. The van der Waals surface area contributed by atoms with Crippen LogP contribution in [0, 0.1) is 0 Å². The van der Waals surface area contributed by atoms with Crippen LogP contribution >= 0.6 is 0 Å². The number of benzene rings is 3. The second-order valence-corrected chi connectivity index (χ2v) is 8.27. The van der Waals surface area contributed by atoms with Gasteiger partial charge in [0.1, 0.15) is 11.3 Å². The molecule has 0 saturated heterocycles. The normalized spacial score (nSPS) is 12.2. The number of nitrogens with zero attached hydrogens (tertiary/aromatic N) is 1. The van der Waals surface area contributed by atoms with Crippen LogP contribution in [0.3, 0.4) is 0 Å². The van der Waals surface area contributed by atoms with Crippen molar-refractivity contribution < 1.29 is 22.3 Å². The van der Waals surface area contributed by atoms with Gasteiger partial charge >= 0.3 is 0 Å². The van der Waals surface area contributed by atoms with E-state index in [4.69, 9.17) is 24.0 Å². The van der Waals surface area contributed by atoms with Gasteiger partial charge in [0.2, 0.25) is 10.0 Å². The third-order valence-corrected chi connectivity index (χ3v) is 5.66. The first-order valence-electron chi connectivity index (χ1n) is 9.32. The summed E-state index contributed by atoms with van der Waals surface area (Å²) in [6.07, 6.45) is 0. The molecule has 0 radical (unpaired) electrons. The van der Waals surface area contributed by atoms with Crippen molar-refractivity contribution in [2.45, 2.75) is 4.90 Å². The fraction of sp³-hybridized carbons (Fsp3) is 0.0870. The number of rotatable bonds is 5. The van der Waals surface area contributed by atoms with E-state index in [0.717, 1.165) is 10.9 Å². The molecule has 4 aromatic rings. The molecule has 0 unspecified atom stereocenters. The molecule has 2 N–H and O–H groups in total. The van der Waals surface area contributed by atoms with E-state index in [0.29, 0.717) is 33.9 Å². The number of ether oxygens (including phenoxy) is 2. The van der Waals surface area contributed by atoms with E-state index < -0.39 is 10.0 Å². The molecule has 3 aromatic carbocycles. The number of methoxy groups -OCH3 is 2. The maximum Gasteiger partial charge on any atom is 0.238 e. The number of para-hydroxylation sites is 1. The van der Waals surface area contributed by atoms with Gasteiger partial charge in [-0.25, -0.2) is 18.5 Å².